The third-order valence-electron chi connectivity index (χ3n) is 3.60. The van der Waals surface area contributed by atoms with Crippen molar-refractivity contribution < 1.29 is 4.74 Å². The van der Waals surface area contributed by atoms with E-state index in [0.717, 1.165) is 29.9 Å². The Morgan fingerprint density at radius 3 is 2.61 bits per heavy atom. The molecule has 1 fully saturated rings. The second-order valence-electron chi connectivity index (χ2n) is 5.23. The molecule has 1 aromatic carbocycles. The van der Waals surface area contributed by atoms with E-state index < -0.39 is 0 Å². The zero-order chi connectivity index (χ0) is 12.8. The lowest BCUT2D eigenvalue weighted by atomic mass is 10.0. The van der Waals surface area contributed by atoms with Crippen molar-refractivity contribution in [2.45, 2.75) is 32.6 Å². The summed E-state index contributed by atoms with van der Waals surface area (Å²) in [6.07, 6.45) is 5.48. The fourth-order valence-electron chi connectivity index (χ4n) is 2.35. The van der Waals surface area contributed by atoms with Crippen molar-refractivity contribution in [2.75, 3.05) is 19.7 Å². The molecule has 1 saturated carbocycles. The summed E-state index contributed by atoms with van der Waals surface area (Å²) in [6.45, 7) is 5.10. The molecule has 0 amide bonds. The van der Waals surface area contributed by atoms with E-state index in [1.54, 1.807) is 0 Å². The van der Waals surface area contributed by atoms with Crippen LogP contribution in [0.1, 0.15) is 32.6 Å². The average molecular weight is 312 g/mol. The van der Waals surface area contributed by atoms with Gasteiger partial charge in [-0.3, -0.25) is 0 Å². The summed E-state index contributed by atoms with van der Waals surface area (Å²) in [7, 11) is 0. The van der Waals surface area contributed by atoms with E-state index in [1.807, 2.05) is 24.3 Å². The fraction of sp³-hybridized carbons (Fsp3) is 0.600. The van der Waals surface area contributed by atoms with Crippen LogP contribution in [0.3, 0.4) is 0 Å². The van der Waals surface area contributed by atoms with Crippen LogP contribution in [0.2, 0.25) is 0 Å². The summed E-state index contributed by atoms with van der Waals surface area (Å²) in [4.78, 5) is 0. The number of hydrogen-bond donors (Lipinski definition) is 1. The maximum absolute atomic E-state index is 5.67. The minimum atomic E-state index is 0.631. The molecule has 0 atom stereocenters. The summed E-state index contributed by atoms with van der Waals surface area (Å²) in [6, 6.07) is 7.99. The number of benzene rings is 1. The van der Waals surface area contributed by atoms with E-state index >= 15 is 0 Å². The van der Waals surface area contributed by atoms with Crippen LogP contribution in [-0.4, -0.2) is 19.7 Å². The van der Waals surface area contributed by atoms with Crippen molar-refractivity contribution in [3.8, 4) is 5.75 Å². The first-order valence-corrected chi connectivity index (χ1v) is 7.62. The monoisotopic (exact) mass is 311 g/mol. The SMILES string of the molecule is CCCC1(CNCCOc2ccc(Br)cc2)CC1. The van der Waals surface area contributed by atoms with Crippen molar-refractivity contribution in [3.63, 3.8) is 0 Å². The van der Waals surface area contributed by atoms with Crippen LogP contribution in [0.25, 0.3) is 0 Å². The highest BCUT2D eigenvalue weighted by Gasteiger charge is 2.40. The van der Waals surface area contributed by atoms with Gasteiger partial charge in [-0.15, -0.1) is 0 Å². The molecule has 0 unspecified atom stereocenters. The van der Waals surface area contributed by atoms with Gasteiger partial charge in [-0.25, -0.2) is 0 Å². The third-order valence-corrected chi connectivity index (χ3v) is 4.13. The minimum absolute atomic E-state index is 0.631. The molecular weight excluding hydrogens is 290 g/mol. The van der Waals surface area contributed by atoms with Gasteiger partial charge < -0.3 is 10.1 Å². The molecule has 1 aliphatic rings. The highest BCUT2D eigenvalue weighted by Crippen LogP contribution is 2.48. The van der Waals surface area contributed by atoms with E-state index in [1.165, 1.54) is 25.7 Å². The quantitative estimate of drug-likeness (QED) is 0.733. The summed E-state index contributed by atoms with van der Waals surface area (Å²) >= 11 is 3.41. The second-order valence-corrected chi connectivity index (χ2v) is 6.14. The lowest BCUT2D eigenvalue weighted by molar-refractivity contribution is 0.304. The minimum Gasteiger partial charge on any atom is -0.492 e. The van der Waals surface area contributed by atoms with Crippen LogP contribution >= 0.6 is 15.9 Å². The average Bonchev–Trinajstić information content (AvgIpc) is 3.12. The molecule has 3 heteroatoms. The van der Waals surface area contributed by atoms with Crippen molar-refractivity contribution in [1.82, 2.24) is 5.32 Å². The smallest absolute Gasteiger partial charge is 0.119 e. The first kappa shape index (κ1) is 13.9. The molecule has 0 aliphatic heterocycles. The molecular formula is C15H22BrNO. The van der Waals surface area contributed by atoms with Gasteiger partial charge in [-0.2, -0.15) is 0 Å². The standard InChI is InChI=1S/C15H22BrNO/c1-2-7-15(8-9-15)12-17-10-11-18-14-5-3-13(16)4-6-14/h3-6,17H,2,7-12H2,1H3. The Morgan fingerprint density at radius 1 is 1.28 bits per heavy atom. The highest BCUT2D eigenvalue weighted by atomic mass is 79.9. The van der Waals surface area contributed by atoms with Crippen molar-refractivity contribution in [3.05, 3.63) is 28.7 Å². The normalized spacial score (nSPS) is 16.6. The molecule has 100 valence electrons. The molecule has 1 aliphatic carbocycles. The van der Waals surface area contributed by atoms with E-state index in [0.29, 0.717) is 5.41 Å². The lowest BCUT2D eigenvalue weighted by Gasteiger charge is -2.15. The zero-order valence-corrected chi connectivity index (χ0v) is 12.6. The summed E-state index contributed by atoms with van der Waals surface area (Å²) in [5.41, 5.74) is 0.631. The van der Waals surface area contributed by atoms with Gasteiger partial charge in [0.2, 0.25) is 0 Å². The molecule has 0 aromatic heterocycles. The molecule has 1 aromatic rings. The molecule has 0 spiro atoms. The van der Waals surface area contributed by atoms with Crippen LogP contribution in [0.5, 0.6) is 5.75 Å². The van der Waals surface area contributed by atoms with Crippen LogP contribution in [0.4, 0.5) is 0 Å². The first-order valence-electron chi connectivity index (χ1n) is 6.83. The highest BCUT2D eigenvalue weighted by molar-refractivity contribution is 9.10. The molecule has 0 bridgehead atoms. The Bertz CT molecular complexity index is 359. The largest absolute Gasteiger partial charge is 0.492 e. The van der Waals surface area contributed by atoms with Gasteiger partial charge in [-0.05, 0) is 48.9 Å². The van der Waals surface area contributed by atoms with Crippen LogP contribution in [-0.2, 0) is 0 Å². The predicted octanol–water partition coefficient (Wildman–Crippen LogP) is 4.00. The Balaban J connectivity index is 1.57. The number of halogens is 1. The van der Waals surface area contributed by atoms with Gasteiger partial charge in [0.05, 0.1) is 0 Å². The number of rotatable bonds is 8. The van der Waals surface area contributed by atoms with E-state index in [4.69, 9.17) is 4.74 Å². The predicted molar refractivity (Wildman–Crippen MR) is 79.1 cm³/mol. The Hall–Kier alpha value is -0.540. The number of ether oxygens (including phenoxy) is 1. The van der Waals surface area contributed by atoms with Gasteiger partial charge in [-0.1, -0.05) is 29.3 Å². The van der Waals surface area contributed by atoms with Crippen molar-refractivity contribution in [1.29, 1.82) is 0 Å². The maximum atomic E-state index is 5.67. The van der Waals surface area contributed by atoms with Gasteiger partial charge in [0.25, 0.3) is 0 Å². The molecule has 0 radical (unpaired) electrons. The summed E-state index contributed by atoms with van der Waals surface area (Å²) in [5, 5.41) is 3.52. The fourth-order valence-corrected chi connectivity index (χ4v) is 2.61. The van der Waals surface area contributed by atoms with E-state index in [-0.39, 0.29) is 0 Å². The first-order chi connectivity index (χ1) is 8.74. The molecule has 2 nitrogen and oxygen atoms in total. The Morgan fingerprint density at radius 2 is 2.00 bits per heavy atom. The van der Waals surface area contributed by atoms with Gasteiger partial charge in [0.15, 0.2) is 0 Å². The Kier molecular flexibility index (Phi) is 5.07. The molecule has 0 saturated heterocycles. The van der Waals surface area contributed by atoms with Gasteiger partial charge in [0.1, 0.15) is 12.4 Å². The topological polar surface area (TPSA) is 21.3 Å². The molecule has 0 heterocycles. The Labute approximate surface area is 118 Å². The van der Waals surface area contributed by atoms with Crippen LogP contribution < -0.4 is 10.1 Å². The lowest BCUT2D eigenvalue weighted by Crippen LogP contribution is -2.28. The number of hydrogen-bond acceptors (Lipinski definition) is 2. The van der Waals surface area contributed by atoms with Crippen LogP contribution in [0.15, 0.2) is 28.7 Å². The second kappa shape index (κ2) is 6.58. The number of nitrogens with one attached hydrogen (secondary N) is 1. The van der Waals surface area contributed by atoms with Crippen molar-refractivity contribution in [2.24, 2.45) is 5.41 Å². The summed E-state index contributed by atoms with van der Waals surface area (Å²) < 4.78 is 6.76. The zero-order valence-electron chi connectivity index (χ0n) is 11.0. The maximum Gasteiger partial charge on any atom is 0.119 e. The third kappa shape index (κ3) is 4.29. The molecule has 2 rings (SSSR count). The van der Waals surface area contributed by atoms with E-state index in [2.05, 4.69) is 28.2 Å². The summed E-state index contributed by atoms with van der Waals surface area (Å²) in [5.74, 6) is 0.940. The van der Waals surface area contributed by atoms with Crippen molar-refractivity contribution >= 4 is 15.9 Å². The van der Waals surface area contributed by atoms with E-state index in [9.17, 15) is 0 Å². The van der Waals surface area contributed by atoms with Crippen LogP contribution in [0, 0.1) is 5.41 Å². The van der Waals surface area contributed by atoms with Gasteiger partial charge >= 0.3 is 0 Å². The molecule has 1 N–H and O–H groups in total. The molecule has 18 heavy (non-hydrogen) atoms. The van der Waals surface area contributed by atoms with Gasteiger partial charge in [0, 0.05) is 17.6 Å².